The van der Waals surface area contributed by atoms with Gasteiger partial charge in [0.25, 0.3) is 9.84 Å². The Balaban J connectivity index is 4.58. The van der Waals surface area contributed by atoms with Crippen molar-refractivity contribution in [2.24, 2.45) is 0 Å². The van der Waals surface area contributed by atoms with Crippen molar-refractivity contribution in [1.82, 2.24) is 0 Å². The summed E-state index contributed by atoms with van der Waals surface area (Å²) in [7, 11) is -5.83. The lowest BCUT2D eigenvalue weighted by atomic mass is 10.1. The summed E-state index contributed by atoms with van der Waals surface area (Å²) in [6.45, 7) is 3.90. The van der Waals surface area contributed by atoms with Crippen LogP contribution < -0.4 is 0 Å². The maximum Gasteiger partial charge on any atom is 0.497 e. The van der Waals surface area contributed by atoms with Gasteiger partial charge in [0.2, 0.25) is 0 Å². The third-order valence-electron chi connectivity index (χ3n) is 2.84. The molecule has 0 fully saturated rings. The topological polar surface area (TPSA) is 43.4 Å². The fourth-order valence-corrected chi connectivity index (χ4v) is 3.05. The van der Waals surface area contributed by atoms with Crippen molar-refractivity contribution in [1.29, 1.82) is 0 Å². The van der Waals surface area contributed by atoms with Gasteiger partial charge in [-0.2, -0.15) is 26.3 Å². The number of rotatable bonds is 9. The van der Waals surface area contributed by atoms with Gasteiger partial charge in [0, 0.05) is 6.61 Å². The SMILES string of the molecule is CC(C)OCCCCCC(CC(F)(F)F)S(=O)(=O)C(F)(F)F. The largest absolute Gasteiger partial charge is 0.497 e. The van der Waals surface area contributed by atoms with Gasteiger partial charge in [-0.15, -0.1) is 0 Å². The Hall–Kier alpha value is -0.510. The molecule has 3 nitrogen and oxygen atoms in total. The van der Waals surface area contributed by atoms with Crippen LogP contribution in [0.25, 0.3) is 0 Å². The van der Waals surface area contributed by atoms with E-state index in [1.165, 1.54) is 0 Å². The van der Waals surface area contributed by atoms with Gasteiger partial charge in [-0.1, -0.05) is 12.8 Å². The van der Waals surface area contributed by atoms with Crippen LogP contribution in [0.3, 0.4) is 0 Å². The predicted octanol–water partition coefficient (Wildman–Crippen LogP) is 4.23. The molecule has 0 radical (unpaired) electrons. The second-order valence-electron chi connectivity index (χ2n) is 5.20. The lowest BCUT2D eigenvalue weighted by Gasteiger charge is -2.20. The number of sulfone groups is 1. The van der Waals surface area contributed by atoms with E-state index in [0.717, 1.165) is 0 Å². The van der Waals surface area contributed by atoms with Crippen LogP contribution in [0.15, 0.2) is 0 Å². The average molecular weight is 358 g/mol. The van der Waals surface area contributed by atoms with E-state index in [0.29, 0.717) is 19.4 Å². The zero-order chi connectivity index (χ0) is 17.6. The Labute approximate surface area is 125 Å². The molecule has 134 valence electrons. The molecule has 10 heteroatoms. The number of alkyl halides is 6. The average Bonchev–Trinajstić information content (AvgIpc) is 2.28. The molecular formula is C12H20F6O3S. The highest BCUT2D eigenvalue weighted by atomic mass is 32.2. The molecule has 0 aliphatic carbocycles. The first-order chi connectivity index (χ1) is 9.77. The van der Waals surface area contributed by atoms with E-state index >= 15 is 0 Å². The molecule has 22 heavy (non-hydrogen) atoms. The second kappa shape index (κ2) is 8.37. The maximum absolute atomic E-state index is 12.4. The molecule has 0 saturated heterocycles. The van der Waals surface area contributed by atoms with Crippen LogP contribution in [0.5, 0.6) is 0 Å². The molecule has 0 spiro atoms. The Kier molecular flexibility index (Phi) is 8.18. The number of halogens is 6. The first-order valence-corrected chi connectivity index (χ1v) is 8.30. The van der Waals surface area contributed by atoms with E-state index in [1.807, 2.05) is 0 Å². The number of hydrogen-bond donors (Lipinski definition) is 0. The molecule has 0 bridgehead atoms. The van der Waals surface area contributed by atoms with E-state index in [1.54, 1.807) is 13.8 Å². The van der Waals surface area contributed by atoms with Gasteiger partial charge in [0.15, 0.2) is 0 Å². The molecule has 0 N–H and O–H groups in total. The first-order valence-electron chi connectivity index (χ1n) is 6.76. The molecule has 1 unspecified atom stereocenters. The van der Waals surface area contributed by atoms with Crippen LogP contribution in [0.2, 0.25) is 0 Å². The van der Waals surface area contributed by atoms with Crippen LogP contribution in [0.1, 0.15) is 46.0 Å². The second-order valence-corrected chi connectivity index (χ2v) is 7.42. The van der Waals surface area contributed by atoms with Crippen molar-refractivity contribution in [3.8, 4) is 0 Å². The Morgan fingerprint density at radius 3 is 1.91 bits per heavy atom. The third kappa shape index (κ3) is 8.21. The van der Waals surface area contributed by atoms with Gasteiger partial charge in [0.1, 0.15) is 0 Å². The van der Waals surface area contributed by atoms with Crippen molar-refractivity contribution >= 4 is 9.84 Å². The van der Waals surface area contributed by atoms with Crippen LogP contribution in [-0.4, -0.2) is 38.1 Å². The van der Waals surface area contributed by atoms with E-state index in [2.05, 4.69) is 0 Å². The summed E-state index contributed by atoms with van der Waals surface area (Å²) in [6, 6.07) is 0. The molecule has 0 aliphatic rings. The standard InChI is InChI=1S/C12H20F6O3S/c1-9(2)21-7-5-3-4-6-10(8-11(13,14)15)22(19,20)12(16,17)18/h9-10H,3-8H2,1-2H3. The van der Waals surface area contributed by atoms with Gasteiger partial charge < -0.3 is 4.74 Å². The highest BCUT2D eigenvalue weighted by molar-refractivity contribution is 7.92. The number of hydrogen-bond acceptors (Lipinski definition) is 3. The zero-order valence-corrected chi connectivity index (χ0v) is 13.1. The summed E-state index contributed by atoms with van der Waals surface area (Å²) in [5.41, 5.74) is -5.68. The smallest absolute Gasteiger partial charge is 0.379 e. The predicted molar refractivity (Wildman–Crippen MR) is 69.0 cm³/mol. The van der Waals surface area contributed by atoms with E-state index in [9.17, 15) is 34.8 Å². The minimum atomic E-state index is -5.83. The Morgan fingerprint density at radius 1 is 0.955 bits per heavy atom. The van der Waals surface area contributed by atoms with Crippen molar-refractivity contribution in [2.75, 3.05) is 6.61 Å². The molecule has 0 aromatic heterocycles. The normalized spacial score (nSPS) is 15.3. The molecule has 0 aromatic rings. The first kappa shape index (κ1) is 21.5. The van der Waals surface area contributed by atoms with Crippen LogP contribution in [0.4, 0.5) is 26.3 Å². The van der Waals surface area contributed by atoms with Crippen LogP contribution in [0, 0.1) is 0 Å². The van der Waals surface area contributed by atoms with Gasteiger partial charge >= 0.3 is 11.7 Å². The Morgan fingerprint density at radius 2 is 1.50 bits per heavy atom. The van der Waals surface area contributed by atoms with Crippen molar-refractivity contribution in [2.45, 2.75) is 69.0 Å². The number of unbranched alkanes of at least 4 members (excludes halogenated alkanes) is 2. The van der Waals surface area contributed by atoms with Gasteiger partial charge in [-0.05, 0) is 26.7 Å². The summed E-state index contributed by atoms with van der Waals surface area (Å²) >= 11 is 0. The third-order valence-corrected chi connectivity index (χ3v) is 4.77. The van der Waals surface area contributed by atoms with Crippen molar-refractivity contribution in [3.05, 3.63) is 0 Å². The fraction of sp³-hybridized carbons (Fsp3) is 1.00. The summed E-state index contributed by atoms with van der Waals surface area (Å²) < 4.78 is 102. The van der Waals surface area contributed by atoms with Gasteiger partial charge in [0.05, 0.1) is 17.8 Å². The van der Waals surface area contributed by atoms with Gasteiger partial charge in [-0.3, -0.25) is 0 Å². The van der Waals surface area contributed by atoms with Crippen LogP contribution in [-0.2, 0) is 14.6 Å². The highest BCUT2D eigenvalue weighted by Gasteiger charge is 2.52. The van der Waals surface area contributed by atoms with Crippen LogP contribution >= 0.6 is 0 Å². The van der Waals surface area contributed by atoms with E-state index in [4.69, 9.17) is 4.74 Å². The molecule has 0 heterocycles. The highest BCUT2D eigenvalue weighted by Crippen LogP contribution is 2.35. The molecule has 0 aliphatic heterocycles. The summed E-state index contributed by atoms with van der Waals surface area (Å²) in [4.78, 5) is 0. The lowest BCUT2D eigenvalue weighted by Crippen LogP contribution is -2.37. The molecule has 0 saturated carbocycles. The van der Waals surface area contributed by atoms with Gasteiger partial charge in [-0.25, -0.2) is 8.42 Å². The van der Waals surface area contributed by atoms with E-state index in [-0.39, 0.29) is 12.5 Å². The molecule has 0 rings (SSSR count). The summed E-state index contributed by atoms with van der Waals surface area (Å²) in [5.74, 6) is 0. The van der Waals surface area contributed by atoms with Crippen molar-refractivity contribution < 1.29 is 39.5 Å². The minimum absolute atomic E-state index is 0.0245. The number of ether oxygens (including phenoxy) is 1. The minimum Gasteiger partial charge on any atom is -0.379 e. The molecule has 0 amide bonds. The summed E-state index contributed by atoms with van der Waals surface area (Å²) in [5, 5.41) is -2.49. The summed E-state index contributed by atoms with van der Waals surface area (Å²) in [6.07, 6.45) is -6.96. The fourth-order valence-electron chi connectivity index (χ4n) is 1.78. The Bertz CT molecular complexity index is 414. The van der Waals surface area contributed by atoms with Crippen molar-refractivity contribution in [3.63, 3.8) is 0 Å². The van der Waals surface area contributed by atoms with E-state index < -0.39 is 39.6 Å². The lowest BCUT2D eigenvalue weighted by molar-refractivity contribution is -0.135. The molecular weight excluding hydrogens is 338 g/mol. The molecule has 0 aromatic carbocycles. The monoisotopic (exact) mass is 358 g/mol. The quantitative estimate of drug-likeness (QED) is 0.458. The molecule has 1 atom stereocenters. The zero-order valence-electron chi connectivity index (χ0n) is 12.3. The maximum atomic E-state index is 12.4.